The molecule has 0 bridgehead atoms. The van der Waals surface area contributed by atoms with Gasteiger partial charge in [0.05, 0.1) is 7.11 Å². The van der Waals surface area contributed by atoms with Crippen LogP contribution in [-0.2, 0) is 9.53 Å². The van der Waals surface area contributed by atoms with Gasteiger partial charge < -0.3 is 14.6 Å². The monoisotopic (exact) mass is 220 g/mol. The van der Waals surface area contributed by atoms with Crippen LogP contribution < -0.4 is 4.74 Å². The summed E-state index contributed by atoms with van der Waals surface area (Å²) in [5, 5.41) is 10.0. The second kappa shape index (κ2) is 4.37. The summed E-state index contributed by atoms with van der Waals surface area (Å²) in [7, 11) is 1.53. The van der Waals surface area contributed by atoms with E-state index < -0.39 is 18.2 Å². The maximum atomic E-state index is 10.9. The minimum absolute atomic E-state index is 0.432. The van der Waals surface area contributed by atoms with Crippen molar-refractivity contribution < 1.29 is 19.4 Å². The number of cyclic esters (lactones) is 1. The number of esters is 1. The van der Waals surface area contributed by atoms with E-state index in [1.54, 1.807) is 24.3 Å². The lowest BCUT2D eigenvalue weighted by molar-refractivity contribution is -0.142. The number of ether oxygens (including phenoxy) is 2. The van der Waals surface area contributed by atoms with Crippen molar-refractivity contribution in [2.24, 2.45) is 0 Å². The van der Waals surface area contributed by atoms with Gasteiger partial charge in [-0.25, -0.2) is 4.79 Å². The van der Waals surface area contributed by atoms with E-state index >= 15 is 0 Å². The standard InChI is InChI=1S/C12H12O4/c1-15-9-5-3-2-4-8(9)12(14)10-6-7-11(13)16-10/h2-7,10,12,14H,1H3. The van der Waals surface area contributed by atoms with Crippen LogP contribution in [0.1, 0.15) is 11.7 Å². The van der Waals surface area contributed by atoms with Crippen LogP contribution in [0.4, 0.5) is 0 Å². The van der Waals surface area contributed by atoms with Crippen molar-refractivity contribution in [1.82, 2.24) is 0 Å². The van der Waals surface area contributed by atoms with Crippen molar-refractivity contribution in [2.75, 3.05) is 7.11 Å². The fourth-order valence-electron chi connectivity index (χ4n) is 1.64. The SMILES string of the molecule is COc1ccccc1C(O)C1C=CC(=O)O1. The first kappa shape index (κ1) is 10.7. The number of hydrogen-bond acceptors (Lipinski definition) is 4. The number of rotatable bonds is 3. The molecule has 2 rings (SSSR count). The molecule has 0 radical (unpaired) electrons. The highest BCUT2D eigenvalue weighted by molar-refractivity contribution is 5.84. The molecule has 0 spiro atoms. The number of para-hydroxylation sites is 1. The Balaban J connectivity index is 2.23. The van der Waals surface area contributed by atoms with Gasteiger partial charge in [-0.1, -0.05) is 18.2 Å². The van der Waals surface area contributed by atoms with Gasteiger partial charge in [0.15, 0.2) is 6.10 Å². The highest BCUT2D eigenvalue weighted by atomic mass is 16.6. The molecule has 1 heterocycles. The molecule has 0 aliphatic carbocycles. The summed E-state index contributed by atoms with van der Waals surface area (Å²) in [5.74, 6) is 0.144. The molecule has 16 heavy (non-hydrogen) atoms. The number of aliphatic hydroxyl groups is 1. The molecule has 84 valence electrons. The van der Waals surface area contributed by atoms with Gasteiger partial charge >= 0.3 is 5.97 Å². The normalized spacial score (nSPS) is 20.6. The number of carbonyl (C=O) groups is 1. The Morgan fingerprint density at radius 3 is 2.81 bits per heavy atom. The Kier molecular flexibility index (Phi) is 2.92. The van der Waals surface area contributed by atoms with E-state index in [0.29, 0.717) is 11.3 Å². The third-order valence-corrected chi connectivity index (χ3v) is 2.44. The smallest absolute Gasteiger partial charge is 0.331 e. The maximum absolute atomic E-state index is 10.9. The van der Waals surface area contributed by atoms with Crippen LogP contribution in [0.25, 0.3) is 0 Å². The van der Waals surface area contributed by atoms with E-state index in [1.807, 2.05) is 6.07 Å². The van der Waals surface area contributed by atoms with Gasteiger partial charge in [-0.2, -0.15) is 0 Å². The van der Waals surface area contributed by atoms with Crippen LogP contribution >= 0.6 is 0 Å². The van der Waals surface area contributed by atoms with Crippen molar-refractivity contribution in [2.45, 2.75) is 12.2 Å². The van der Waals surface area contributed by atoms with E-state index in [0.717, 1.165) is 0 Å². The number of benzene rings is 1. The first-order valence-electron chi connectivity index (χ1n) is 4.92. The molecule has 1 N–H and O–H groups in total. The summed E-state index contributed by atoms with van der Waals surface area (Å²) < 4.78 is 10.0. The molecule has 0 saturated heterocycles. The molecule has 1 aliphatic rings. The lowest BCUT2D eigenvalue weighted by atomic mass is 10.0. The molecular weight excluding hydrogens is 208 g/mol. The summed E-state index contributed by atoms with van der Waals surface area (Å²) >= 11 is 0. The summed E-state index contributed by atoms with van der Waals surface area (Å²) in [6, 6.07) is 7.09. The van der Waals surface area contributed by atoms with Crippen LogP contribution in [0.2, 0.25) is 0 Å². The highest BCUT2D eigenvalue weighted by Gasteiger charge is 2.27. The molecule has 0 fully saturated rings. The van der Waals surface area contributed by atoms with Crippen LogP contribution in [0.15, 0.2) is 36.4 Å². The van der Waals surface area contributed by atoms with Crippen LogP contribution in [0.5, 0.6) is 5.75 Å². The fraction of sp³-hybridized carbons (Fsp3) is 0.250. The highest BCUT2D eigenvalue weighted by Crippen LogP contribution is 2.30. The van der Waals surface area contributed by atoms with Gasteiger partial charge in [0.25, 0.3) is 0 Å². The molecule has 0 aromatic heterocycles. The average molecular weight is 220 g/mol. The summed E-state index contributed by atoms with van der Waals surface area (Å²) in [4.78, 5) is 10.9. The summed E-state index contributed by atoms with van der Waals surface area (Å²) in [6.45, 7) is 0. The fourth-order valence-corrected chi connectivity index (χ4v) is 1.64. The lowest BCUT2D eigenvalue weighted by Crippen LogP contribution is -2.18. The van der Waals surface area contributed by atoms with Gasteiger partial charge in [-0.3, -0.25) is 0 Å². The molecule has 1 aromatic rings. The molecule has 4 nitrogen and oxygen atoms in total. The molecule has 2 atom stereocenters. The molecule has 0 saturated carbocycles. The lowest BCUT2D eigenvalue weighted by Gasteiger charge is -2.18. The van der Waals surface area contributed by atoms with Crippen LogP contribution in [-0.4, -0.2) is 24.3 Å². The van der Waals surface area contributed by atoms with Gasteiger partial charge in [-0.05, 0) is 12.1 Å². The number of aliphatic hydroxyl groups excluding tert-OH is 1. The van der Waals surface area contributed by atoms with Crippen molar-refractivity contribution in [1.29, 1.82) is 0 Å². The van der Waals surface area contributed by atoms with Crippen molar-refractivity contribution in [3.8, 4) is 5.75 Å². The first-order chi connectivity index (χ1) is 7.72. The number of methoxy groups -OCH3 is 1. The van der Waals surface area contributed by atoms with Gasteiger partial charge in [0, 0.05) is 11.6 Å². The minimum atomic E-state index is -0.904. The van der Waals surface area contributed by atoms with Crippen LogP contribution in [0, 0.1) is 0 Å². The van der Waals surface area contributed by atoms with Gasteiger partial charge in [0.2, 0.25) is 0 Å². The Bertz CT molecular complexity index is 425. The summed E-state index contributed by atoms with van der Waals surface area (Å²) in [6.07, 6.45) is 1.31. The van der Waals surface area contributed by atoms with Crippen molar-refractivity contribution >= 4 is 5.97 Å². The van der Waals surface area contributed by atoms with Gasteiger partial charge in [-0.15, -0.1) is 0 Å². The third-order valence-electron chi connectivity index (χ3n) is 2.44. The molecule has 2 unspecified atom stereocenters. The maximum Gasteiger partial charge on any atom is 0.331 e. The van der Waals surface area contributed by atoms with E-state index in [1.165, 1.54) is 13.2 Å². The Labute approximate surface area is 93.1 Å². The Hall–Kier alpha value is -1.81. The topological polar surface area (TPSA) is 55.8 Å². The van der Waals surface area contributed by atoms with E-state index in [9.17, 15) is 9.90 Å². The molecular formula is C12H12O4. The summed E-state index contributed by atoms with van der Waals surface area (Å²) in [5.41, 5.74) is 0.606. The second-order valence-electron chi connectivity index (χ2n) is 3.45. The van der Waals surface area contributed by atoms with E-state index in [2.05, 4.69) is 0 Å². The number of hydrogen-bond donors (Lipinski definition) is 1. The second-order valence-corrected chi connectivity index (χ2v) is 3.45. The molecule has 4 heteroatoms. The number of carbonyl (C=O) groups excluding carboxylic acids is 1. The zero-order valence-electron chi connectivity index (χ0n) is 8.79. The largest absolute Gasteiger partial charge is 0.496 e. The Morgan fingerprint density at radius 1 is 1.44 bits per heavy atom. The average Bonchev–Trinajstić information content (AvgIpc) is 2.75. The molecule has 1 aliphatic heterocycles. The zero-order valence-corrected chi connectivity index (χ0v) is 8.79. The minimum Gasteiger partial charge on any atom is -0.496 e. The van der Waals surface area contributed by atoms with Gasteiger partial charge in [0.1, 0.15) is 11.9 Å². The molecule has 0 amide bonds. The Morgan fingerprint density at radius 2 is 2.19 bits per heavy atom. The molecule has 1 aromatic carbocycles. The quantitative estimate of drug-likeness (QED) is 0.778. The third kappa shape index (κ3) is 1.92. The predicted octanol–water partition coefficient (Wildman–Crippen LogP) is 1.21. The van der Waals surface area contributed by atoms with E-state index in [4.69, 9.17) is 9.47 Å². The van der Waals surface area contributed by atoms with Crippen molar-refractivity contribution in [3.63, 3.8) is 0 Å². The first-order valence-corrected chi connectivity index (χ1v) is 4.92. The van der Waals surface area contributed by atoms with E-state index in [-0.39, 0.29) is 0 Å². The van der Waals surface area contributed by atoms with Crippen LogP contribution in [0.3, 0.4) is 0 Å². The van der Waals surface area contributed by atoms with Crippen molar-refractivity contribution in [3.05, 3.63) is 42.0 Å². The zero-order chi connectivity index (χ0) is 11.5. The predicted molar refractivity (Wildman–Crippen MR) is 57.0 cm³/mol.